The Labute approximate surface area is 97.2 Å². The third-order valence-corrected chi connectivity index (χ3v) is 2.52. The Morgan fingerprint density at radius 1 is 1.50 bits per heavy atom. The molecule has 2 N–H and O–H groups in total. The summed E-state index contributed by atoms with van der Waals surface area (Å²) in [5, 5.41) is 3.89. The Hall–Kier alpha value is -0.750. The molecule has 0 saturated carbocycles. The summed E-state index contributed by atoms with van der Waals surface area (Å²) in [6.07, 6.45) is -0.261. The van der Waals surface area contributed by atoms with Crippen molar-refractivity contribution in [2.24, 2.45) is 5.73 Å². The minimum absolute atomic E-state index is 0. The predicted molar refractivity (Wildman–Crippen MR) is 55.4 cm³/mol. The summed E-state index contributed by atoms with van der Waals surface area (Å²) >= 11 is 0. The SMILES string of the molecule is Cl.NC1CCCc2cn(CC(F)(F)F)nc21. The summed E-state index contributed by atoms with van der Waals surface area (Å²) in [5.74, 6) is 0. The zero-order valence-corrected chi connectivity index (χ0v) is 9.31. The van der Waals surface area contributed by atoms with Crippen LogP contribution in [0.3, 0.4) is 0 Å². The van der Waals surface area contributed by atoms with Crippen LogP contribution in [0.2, 0.25) is 0 Å². The van der Waals surface area contributed by atoms with Gasteiger partial charge in [0.2, 0.25) is 0 Å². The fourth-order valence-corrected chi connectivity index (χ4v) is 1.90. The van der Waals surface area contributed by atoms with Crippen molar-refractivity contribution in [2.45, 2.75) is 38.0 Å². The van der Waals surface area contributed by atoms with Gasteiger partial charge >= 0.3 is 6.18 Å². The first kappa shape index (κ1) is 13.3. The highest BCUT2D eigenvalue weighted by Gasteiger charge is 2.30. The molecule has 0 bridgehead atoms. The van der Waals surface area contributed by atoms with E-state index in [4.69, 9.17) is 5.73 Å². The number of aryl methyl sites for hydroxylation is 1. The van der Waals surface area contributed by atoms with Gasteiger partial charge in [-0.2, -0.15) is 18.3 Å². The first-order valence-corrected chi connectivity index (χ1v) is 4.84. The fraction of sp³-hybridized carbons (Fsp3) is 0.667. The van der Waals surface area contributed by atoms with Crippen molar-refractivity contribution in [2.75, 3.05) is 0 Å². The second-order valence-electron chi connectivity index (χ2n) is 3.85. The molecule has 7 heteroatoms. The summed E-state index contributed by atoms with van der Waals surface area (Å²) in [6.45, 7) is -1.03. The molecule has 0 amide bonds. The Morgan fingerprint density at radius 2 is 2.19 bits per heavy atom. The molecule has 1 aromatic rings. The minimum atomic E-state index is -4.22. The number of hydrogen-bond donors (Lipinski definition) is 1. The van der Waals surface area contributed by atoms with E-state index in [1.807, 2.05) is 0 Å². The summed E-state index contributed by atoms with van der Waals surface area (Å²) in [4.78, 5) is 0. The number of alkyl halides is 3. The molecule has 0 radical (unpaired) electrons. The van der Waals surface area contributed by atoms with Gasteiger partial charge in [-0.05, 0) is 24.8 Å². The standard InChI is InChI=1S/C9H12F3N3.ClH/c10-9(11,12)5-15-4-6-2-1-3-7(13)8(6)14-15;/h4,7H,1-3,5,13H2;1H. The van der Waals surface area contributed by atoms with E-state index in [-0.39, 0.29) is 18.4 Å². The van der Waals surface area contributed by atoms with E-state index in [1.165, 1.54) is 6.20 Å². The third kappa shape index (κ3) is 2.89. The lowest BCUT2D eigenvalue weighted by Gasteiger charge is -2.15. The fourth-order valence-electron chi connectivity index (χ4n) is 1.90. The molecule has 16 heavy (non-hydrogen) atoms. The number of nitrogens with two attached hydrogens (primary N) is 1. The molecule has 1 aliphatic rings. The summed E-state index contributed by atoms with van der Waals surface area (Å²) in [5.41, 5.74) is 7.26. The third-order valence-electron chi connectivity index (χ3n) is 2.52. The van der Waals surface area contributed by atoms with Gasteiger partial charge in [0, 0.05) is 12.2 Å². The van der Waals surface area contributed by atoms with Crippen LogP contribution in [0.5, 0.6) is 0 Å². The number of hydrogen-bond acceptors (Lipinski definition) is 2. The van der Waals surface area contributed by atoms with Crippen LogP contribution < -0.4 is 5.73 Å². The minimum Gasteiger partial charge on any atom is -0.323 e. The molecule has 0 fully saturated rings. The molecule has 0 aliphatic heterocycles. The van der Waals surface area contributed by atoms with Gasteiger partial charge in [0.05, 0.1) is 5.69 Å². The van der Waals surface area contributed by atoms with Crippen LogP contribution in [0.4, 0.5) is 13.2 Å². The van der Waals surface area contributed by atoms with Gasteiger partial charge in [-0.25, -0.2) is 0 Å². The van der Waals surface area contributed by atoms with Gasteiger partial charge in [-0.1, -0.05) is 0 Å². The number of nitrogens with zero attached hydrogens (tertiary/aromatic N) is 2. The van der Waals surface area contributed by atoms with E-state index < -0.39 is 12.7 Å². The van der Waals surface area contributed by atoms with Crippen molar-refractivity contribution < 1.29 is 13.2 Å². The Morgan fingerprint density at radius 3 is 2.75 bits per heavy atom. The molecule has 1 aromatic heterocycles. The van der Waals surface area contributed by atoms with Crippen LogP contribution in [0.25, 0.3) is 0 Å². The van der Waals surface area contributed by atoms with Crippen molar-refractivity contribution in [3.05, 3.63) is 17.5 Å². The Kier molecular flexibility index (Phi) is 3.85. The van der Waals surface area contributed by atoms with Crippen LogP contribution in [-0.4, -0.2) is 16.0 Å². The summed E-state index contributed by atoms with van der Waals surface area (Å²) < 4.78 is 37.3. The number of halogens is 4. The van der Waals surface area contributed by atoms with Crippen molar-refractivity contribution in [3.8, 4) is 0 Å². The first-order chi connectivity index (χ1) is 6.96. The molecule has 0 aromatic carbocycles. The van der Waals surface area contributed by atoms with Crippen molar-refractivity contribution in [3.63, 3.8) is 0 Å². The molecule has 2 rings (SSSR count). The normalized spacial score (nSPS) is 20.1. The van der Waals surface area contributed by atoms with E-state index >= 15 is 0 Å². The number of rotatable bonds is 1. The van der Waals surface area contributed by atoms with Crippen molar-refractivity contribution >= 4 is 12.4 Å². The maximum Gasteiger partial charge on any atom is 0.408 e. The van der Waals surface area contributed by atoms with Gasteiger partial charge in [-0.3, -0.25) is 4.68 Å². The molecule has 1 aliphatic carbocycles. The quantitative estimate of drug-likeness (QED) is 0.836. The van der Waals surface area contributed by atoms with Gasteiger partial charge in [0.15, 0.2) is 0 Å². The lowest BCUT2D eigenvalue weighted by molar-refractivity contribution is -0.142. The van der Waals surface area contributed by atoms with E-state index in [0.717, 1.165) is 29.5 Å². The molecule has 0 saturated heterocycles. The second kappa shape index (κ2) is 4.63. The molecular formula is C9H13ClF3N3. The highest BCUT2D eigenvalue weighted by atomic mass is 35.5. The Balaban J connectivity index is 0.00000128. The summed E-state index contributed by atoms with van der Waals surface area (Å²) in [7, 11) is 0. The second-order valence-corrected chi connectivity index (χ2v) is 3.85. The lowest BCUT2D eigenvalue weighted by atomic mass is 9.95. The van der Waals surface area contributed by atoms with Crippen LogP contribution in [0.15, 0.2) is 6.20 Å². The Bertz CT molecular complexity index is 361. The molecule has 0 spiro atoms. The van der Waals surface area contributed by atoms with Gasteiger partial charge in [-0.15, -0.1) is 12.4 Å². The largest absolute Gasteiger partial charge is 0.408 e. The van der Waals surface area contributed by atoms with E-state index in [9.17, 15) is 13.2 Å². The molecule has 1 unspecified atom stereocenters. The zero-order valence-electron chi connectivity index (χ0n) is 8.50. The highest BCUT2D eigenvalue weighted by Crippen LogP contribution is 2.27. The van der Waals surface area contributed by atoms with E-state index in [2.05, 4.69) is 5.10 Å². The van der Waals surface area contributed by atoms with Gasteiger partial charge in [0.25, 0.3) is 0 Å². The smallest absolute Gasteiger partial charge is 0.323 e. The molecule has 3 nitrogen and oxygen atoms in total. The van der Waals surface area contributed by atoms with Crippen LogP contribution in [0.1, 0.15) is 30.1 Å². The summed E-state index contributed by atoms with van der Waals surface area (Å²) in [6, 6.07) is -0.205. The van der Waals surface area contributed by atoms with E-state index in [0.29, 0.717) is 5.69 Å². The first-order valence-electron chi connectivity index (χ1n) is 4.84. The average Bonchev–Trinajstić information content (AvgIpc) is 2.45. The van der Waals surface area contributed by atoms with Gasteiger partial charge < -0.3 is 5.73 Å². The van der Waals surface area contributed by atoms with Crippen LogP contribution in [-0.2, 0) is 13.0 Å². The van der Waals surface area contributed by atoms with E-state index in [1.54, 1.807) is 0 Å². The van der Waals surface area contributed by atoms with Crippen molar-refractivity contribution in [1.82, 2.24) is 9.78 Å². The van der Waals surface area contributed by atoms with Crippen molar-refractivity contribution in [1.29, 1.82) is 0 Å². The maximum absolute atomic E-state index is 12.1. The lowest BCUT2D eigenvalue weighted by Crippen LogP contribution is -2.19. The van der Waals surface area contributed by atoms with Gasteiger partial charge in [0.1, 0.15) is 6.54 Å². The zero-order chi connectivity index (χ0) is 11.1. The monoisotopic (exact) mass is 255 g/mol. The van der Waals surface area contributed by atoms with Crippen LogP contribution in [0, 0.1) is 0 Å². The molecule has 92 valence electrons. The molecular weight excluding hydrogens is 243 g/mol. The number of aromatic nitrogens is 2. The maximum atomic E-state index is 12.1. The topological polar surface area (TPSA) is 43.8 Å². The number of fused-ring (bicyclic) bond motifs is 1. The molecule has 1 atom stereocenters. The average molecular weight is 256 g/mol. The van der Waals surface area contributed by atoms with Crippen LogP contribution >= 0.6 is 12.4 Å². The highest BCUT2D eigenvalue weighted by molar-refractivity contribution is 5.85. The molecule has 1 heterocycles. The predicted octanol–water partition coefficient (Wildman–Crippen LogP) is 2.20.